The fraction of sp³-hybridized carbons (Fsp3) is 0.909. The van der Waals surface area contributed by atoms with E-state index in [0.717, 1.165) is 5.96 Å². The highest BCUT2D eigenvalue weighted by atomic mass is 127. The standard InChI is InChI=1S/C11H21F3N4.HI/c1-4-15-10(17(2)3)16-9-5-6-18(7-9)8-11(12,13)14;/h9H,4-8H2,1-3H3,(H,15,16);1H. The lowest BCUT2D eigenvalue weighted by Gasteiger charge is -2.22. The minimum absolute atomic E-state index is 0. The van der Waals surface area contributed by atoms with Crippen LogP contribution in [0.5, 0.6) is 0 Å². The third-order valence-corrected chi connectivity index (χ3v) is 2.74. The zero-order valence-electron chi connectivity index (χ0n) is 11.5. The Labute approximate surface area is 129 Å². The Balaban J connectivity index is 0.00000324. The van der Waals surface area contributed by atoms with Crippen LogP contribution in [0, 0.1) is 0 Å². The number of hydrogen-bond donors (Lipinski definition) is 1. The second-order valence-corrected chi connectivity index (χ2v) is 4.67. The maximum atomic E-state index is 12.3. The summed E-state index contributed by atoms with van der Waals surface area (Å²) in [6.45, 7) is 2.64. The fourth-order valence-corrected chi connectivity index (χ4v) is 2.00. The average molecular weight is 394 g/mol. The molecule has 1 atom stereocenters. The summed E-state index contributed by atoms with van der Waals surface area (Å²) in [4.78, 5) is 7.55. The Hall–Kier alpha value is -0.250. The molecule has 19 heavy (non-hydrogen) atoms. The van der Waals surface area contributed by atoms with Crippen LogP contribution in [0.15, 0.2) is 4.99 Å². The normalized spacial score (nSPS) is 21.2. The molecule has 1 saturated heterocycles. The molecular weight excluding hydrogens is 372 g/mol. The van der Waals surface area contributed by atoms with Crippen LogP contribution in [0.1, 0.15) is 13.3 Å². The molecule has 1 rings (SSSR count). The molecular formula is C11H22F3IN4. The van der Waals surface area contributed by atoms with Crippen molar-refractivity contribution in [2.45, 2.75) is 25.6 Å². The topological polar surface area (TPSA) is 30.9 Å². The lowest BCUT2D eigenvalue weighted by molar-refractivity contribution is -0.143. The van der Waals surface area contributed by atoms with E-state index in [0.29, 0.717) is 26.1 Å². The van der Waals surface area contributed by atoms with Gasteiger partial charge in [-0.15, -0.1) is 24.0 Å². The Morgan fingerprint density at radius 3 is 2.53 bits per heavy atom. The van der Waals surface area contributed by atoms with Crippen LogP contribution in [0.4, 0.5) is 13.2 Å². The summed E-state index contributed by atoms with van der Waals surface area (Å²) >= 11 is 0. The number of hydrogen-bond acceptors (Lipinski definition) is 2. The minimum Gasteiger partial charge on any atom is -0.352 e. The van der Waals surface area contributed by atoms with Gasteiger partial charge in [-0.3, -0.25) is 9.89 Å². The van der Waals surface area contributed by atoms with E-state index in [-0.39, 0.29) is 30.0 Å². The number of likely N-dealkylation sites (tertiary alicyclic amines) is 1. The molecule has 1 fully saturated rings. The molecule has 0 aliphatic carbocycles. The van der Waals surface area contributed by atoms with E-state index in [1.165, 1.54) is 4.90 Å². The second kappa shape index (κ2) is 8.13. The summed E-state index contributed by atoms with van der Waals surface area (Å²) in [5, 5.41) is 3.20. The summed E-state index contributed by atoms with van der Waals surface area (Å²) in [6, 6.07) is 0.0417. The van der Waals surface area contributed by atoms with Crippen molar-refractivity contribution in [1.29, 1.82) is 0 Å². The van der Waals surface area contributed by atoms with E-state index in [1.54, 1.807) is 0 Å². The number of nitrogens with one attached hydrogen (secondary N) is 1. The Morgan fingerprint density at radius 2 is 2.05 bits per heavy atom. The molecule has 8 heteroatoms. The predicted molar refractivity (Wildman–Crippen MR) is 81.1 cm³/mol. The Morgan fingerprint density at radius 1 is 1.42 bits per heavy atom. The predicted octanol–water partition coefficient (Wildman–Crippen LogP) is 1.77. The van der Waals surface area contributed by atoms with Gasteiger partial charge < -0.3 is 10.2 Å². The van der Waals surface area contributed by atoms with Crippen LogP contribution < -0.4 is 5.32 Å². The maximum Gasteiger partial charge on any atom is 0.401 e. The van der Waals surface area contributed by atoms with Crippen LogP contribution in [0.3, 0.4) is 0 Å². The van der Waals surface area contributed by atoms with Crippen molar-refractivity contribution in [2.24, 2.45) is 4.99 Å². The Bertz CT molecular complexity index is 294. The molecule has 114 valence electrons. The first kappa shape index (κ1) is 18.8. The molecule has 0 spiro atoms. The van der Waals surface area contributed by atoms with Crippen molar-refractivity contribution in [2.75, 3.05) is 40.3 Å². The molecule has 1 aliphatic heterocycles. The van der Waals surface area contributed by atoms with E-state index < -0.39 is 12.7 Å². The van der Waals surface area contributed by atoms with Gasteiger partial charge >= 0.3 is 6.18 Å². The summed E-state index contributed by atoms with van der Waals surface area (Å²) in [5.74, 6) is 0.733. The molecule has 0 aromatic rings. The number of rotatable bonds is 3. The summed E-state index contributed by atoms with van der Waals surface area (Å²) in [7, 11) is 3.73. The molecule has 0 bridgehead atoms. The molecule has 0 saturated carbocycles. The zero-order valence-corrected chi connectivity index (χ0v) is 13.8. The zero-order chi connectivity index (χ0) is 13.8. The SMILES string of the molecule is CCN=C(NC1CCN(CC(F)(F)F)C1)N(C)C.I. The fourth-order valence-electron chi connectivity index (χ4n) is 2.00. The lowest BCUT2D eigenvalue weighted by atomic mass is 10.3. The van der Waals surface area contributed by atoms with Gasteiger partial charge in [0.25, 0.3) is 0 Å². The van der Waals surface area contributed by atoms with Gasteiger partial charge in [0, 0.05) is 39.8 Å². The average Bonchev–Trinajstić information content (AvgIpc) is 2.62. The van der Waals surface area contributed by atoms with E-state index in [2.05, 4.69) is 10.3 Å². The summed E-state index contributed by atoms with van der Waals surface area (Å²) in [6.07, 6.45) is -3.40. The number of alkyl halides is 3. The monoisotopic (exact) mass is 394 g/mol. The van der Waals surface area contributed by atoms with E-state index in [9.17, 15) is 13.2 Å². The number of guanidine groups is 1. The van der Waals surface area contributed by atoms with Gasteiger partial charge in [0.1, 0.15) is 0 Å². The molecule has 0 radical (unpaired) electrons. The van der Waals surface area contributed by atoms with Crippen LogP contribution in [0.2, 0.25) is 0 Å². The van der Waals surface area contributed by atoms with Gasteiger partial charge in [0.05, 0.1) is 6.54 Å². The number of aliphatic imine (C=N–C) groups is 1. The van der Waals surface area contributed by atoms with Crippen LogP contribution >= 0.6 is 24.0 Å². The quantitative estimate of drug-likeness (QED) is 0.450. The maximum absolute atomic E-state index is 12.3. The molecule has 4 nitrogen and oxygen atoms in total. The number of halogens is 4. The van der Waals surface area contributed by atoms with Crippen molar-refractivity contribution in [3.63, 3.8) is 0 Å². The highest BCUT2D eigenvalue weighted by Crippen LogP contribution is 2.19. The summed E-state index contributed by atoms with van der Waals surface area (Å²) in [5.41, 5.74) is 0. The highest BCUT2D eigenvalue weighted by Gasteiger charge is 2.34. The third kappa shape index (κ3) is 7.19. The molecule has 1 aliphatic rings. The first-order chi connectivity index (χ1) is 8.31. The van der Waals surface area contributed by atoms with Crippen molar-refractivity contribution < 1.29 is 13.2 Å². The summed E-state index contributed by atoms with van der Waals surface area (Å²) < 4.78 is 36.8. The molecule has 0 amide bonds. The van der Waals surface area contributed by atoms with Gasteiger partial charge in [-0.25, -0.2) is 0 Å². The van der Waals surface area contributed by atoms with Crippen LogP contribution in [-0.2, 0) is 0 Å². The van der Waals surface area contributed by atoms with Crippen LogP contribution in [0.25, 0.3) is 0 Å². The van der Waals surface area contributed by atoms with Crippen molar-refractivity contribution in [3.05, 3.63) is 0 Å². The van der Waals surface area contributed by atoms with Crippen molar-refractivity contribution in [3.8, 4) is 0 Å². The first-order valence-electron chi connectivity index (χ1n) is 6.09. The van der Waals surface area contributed by atoms with Gasteiger partial charge in [0.15, 0.2) is 5.96 Å². The second-order valence-electron chi connectivity index (χ2n) is 4.67. The van der Waals surface area contributed by atoms with E-state index in [1.807, 2.05) is 25.9 Å². The van der Waals surface area contributed by atoms with Gasteiger partial charge in [-0.2, -0.15) is 13.2 Å². The molecule has 1 unspecified atom stereocenters. The van der Waals surface area contributed by atoms with Gasteiger partial charge in [-0.05, 0) is 13.3 Å². The van der Waals surface area contributed by atoms with Gasteiger partial charge in [0.2, 0.25) is 0 Å². The lowest BCUT2D eigenvalue weighted by Crippen LogP contribution is -2.44. The molecule has 0 aromatic carbocycles. The van der Waals surface area contributed by atoms with Crippen molar-refractivity contribution in [1.82, 2.24) is 15.1 Å². The van der Waals surface area contributed by atoms with E-state index in [4.69, 9.17) is 0 Å². The molecule has 1 N–H and O–H groups in total. The van der Waals surface area contributed by atoms with Crippen molar-refractivity contribution >= 4 is 29.9 Å². The van der Waals surface area contributed by atoms with Crippen LogP contribution in [-0.4, -0.2) is 68.3 Å². The third-order valence-electron chi connectivity index (χ3n) is 2.74. The smallest absolute Gasteiger partial charge is 0.352 e. The largest absolute Gasteiger partial charge is 0.401 e. The Kier molecular flexibility index (Phi) is 8.02. The molecule has 1 heterocycles. The number of nitrogens with zero attached hydrogens (tertiary/aromatic N) is 3. The highest BCUT2D eigenvalue weighted by molar-refractivity contribution is 14.0. The molecule has 0 aromatic heterocycles. The first-order valence-corrected chi connectivity index (χ1v) is 6.09. The van der Waals surface area contributed by atoms with E-state index >= 15 is 0 Å². The van der Waals surface area contributed by atoms with Gasteiger partial charge in [-0.1, -0.05) is 0 Å². The minimum atomic E-state index is -4.11.